The number of nitrogens with one attached hydrogen (secondary N) is 1. The van der Waals surface area contributed by atoms with Gasteiger partial charge in [0.15, 0.2) is 11.4 Å². The van der Waals surface area contributed by atoms with Crippen LogP contribution in [0.15, 0.2) is 36.5 Å². The number of aromatic nitrogens is 2. The Morgan fingerprint density at radius 3 is 2.75 bits per heavy atom. The number of hydrogen-bond donors (Lipinski definition) is 3. The van der Waals surface area contributed by atoms with Gasteiger partial charge in [0.2, 0.25) is 5.91 Å². The van der Waals surface area contributed by atoms with E-state index in [1.807, 2.05) is 11.0 Å². The number of hydrogen-bond acceptors (Lipinski definition) is 8. The SMILES string of the molecule is CC(=O)N1CCN(c2ccc3c(O)c(C(=O)NCc4ccc(C#N)cc4Cl)ncc3n2)C[C@H](CO)C1. The minimum absolute atomic E-state index is 0.0387. The van der Waals surface area contributed by atoms with Crippen LogP contribution in [0.25, 0.3) is 10.9 Å². The summed E-state index contributed by atoms with van der Waals surface area (Å²) in [6.07, 6.45) is 1.42. The molecule has 0 spiro atoms. The fourth-order valence-corrected chi connectivity index (χ4v) is 4.40. The van der Waals surface area contributed by atoms with E-state index < -0.39 is 5.91 Å². The molecule has 4 rings (SSSR count). The number of carbonyl (C=O) groups is 2. The van der Waals surface area contributed by atoms with Crippen LogP contribution < -0.4 is 10.2 Å². The maximum atomic E-state index is 12.7. The van der Waals surface area contributed by atoms with Crippen LogP contribution in [0.4, 0.5) is 5.82 Å². The highest BCUT2D eigenvalue weighted by molar-refractivity contribution is 6.31. The third-order valence-corrected chi connectivity index (χ3v) is 6.52. The van der Waals surface area contributed by atoms with E-state index in [2.05, 4.69) is 15.3 Å². The molecule has 10 nitrogen and oxygen atoms in total. The molecule has 0 bridgehead atoms. The molecule has 2 aromatic heterocycles. The zero-order valence-electron chi connectivity index (χ0n) is 19.6. The third-order valence-electron chi connectivity index (χ3n) is 6.17. The van der Waals surface area contributed by atoms with E-state index in [1.165, 1.54) is 19.2 Å². The average Bonchev–Trinajstić information content (AvgIpc) is 3.11. The largest absolute Gasteiger partial charge is 0.505 e. The molecule has 0 unspecified atom stereocenters. The molecule has 186 valence electrons. The minimum Gasteiger partial charge on any atom is -0.505 e. The molecular formula is C25H25ClN6O4. The van der Waals surface area contributed by atoms with Crippen LogP contribution in [0.2, 0.25) is 5.02 Å². The number of nitrogens with zero attached hydrogens (tertiary/aromatic N) is 5. The number of fused-ring (bicyclic) bond motifs is 1. The van der Waals surface area contributed by atoms with Gasteiger partial charge in [-0.1, -0.05) is 17.7 Å². The monoisotopic (exact) mass is 508 g/mol. The van der Waals surface area contributed by atoms with Gasteiger partial charge >= 0.3 is 0 Å². The highest BCUT2D eigenvalue weighted by Crippen LogP contribution is 2.29. The van der Waals surface area contributed by atoms with Crippen molar-refractivity contribution < 1.29 is 19.8 Å². The summed E-state index contributed by atoms with van der Waals surface area (Å²) in [6, 6.07) is 10.2. The molecule has 2 amide bonds. The number of pyridine rings is 2. The van der Waals surface area contributed by atoms with Crippen LogP contribution in [0.3, 0.4) is 0 Å². The van der Waals surface area contributed by atoms with E-state index in [4.69, 9.17) is 16.9 Å². The van der Waals surface area contributed by atoms with Crippen molar-refractivity contribution in [1.82, 2.24) is 20.2 Å². The van der Waals surface area contributed by atoms with Crippen LogP contribution in [0.1, 0.15) is 28.5 Å². The van der Waals surface area contributed by atoms with Gasteiger partial charge in [-0.15, -0.1) is 0 Å². The molecular weight excluding hydrogens is 484 g/mol. The van der Waals surface area contributed by atoms with Crippen molar-refractivity contribution in [2.75, 3.05) is 37.7 Å². The highest BCUT2D eigenvalue weighted by atomic mass is 35.5. The molecule has 0 aliphatic carbocycles. The van der Waals surface area contributed by atoms with E-state index in [-0.39, 0.29) is 36.4 Å². The molecule has 3 heterocycles. The summed E-state index contributed by atoms with van der Waals surface area (Å²) >= 11 is 6.16. The zero-order chi connectivity index (χ0) is 25.8. The molecule has 1 aliphatic rings. The van der Waals surface area contributed by atoms with Crippen LogP contribution in [0, 0.1) is 17.2 Å². The topological polar surface area (TPSA) is 143 Å². The van der Waals surface area contributed by atoms with Gasteiger partial charge in [-0.25, -0.2) is 9.97 Å². The van der Waals surface area contributed by atoms with Crippen molar-refractivity contribution in [2.24, 2.45) is 5.92 Å². The van der Waals surface area contributed by atoms with Gasteiger partial charge in [0, 0.05) is 62.6 Å². The first-order valence-corrected chi connectivity index (χ1v) is 11.7. The maximum absolute atomic E-state index is 12.7. The molecule has 0 saturated carbocycles. The van der Waals surface area contributed by atoms with Gasteiger partial charge in [-0.3, -0.25) is 9.59 Å². The number of aliphatic hydroxyl groups is 1. The Morgan fingerprint density at radius 2 is 2.06 bits per heavy atom. The number of anilines is 1. The second-order valence-corrected chi connectivity index (χ2v) is 9.03. The molecule has 1 saturated heterocycles. The number of aromatic hydroxyl groups is 1. The van der Waals surface area contributed by atoms with E-state index in [0.717, 1.165) is 0 Å². The summed E-state index contributed by atoms with van der Waals surface area (Å²) < 4.78 is 0. The first-order chi connectivity index (χ1) is 17.3. The molecule has 36 heavy (non-hydrogen) atoms. The van der Waals surface area contributed by atoms with Crippen LogP contribution >= 0.6 is 11.6 Å². The first-order valence-electron chi connectivity index (χ1n) is 11.4. The fraction of sp³-hybridized carbons (Fsp3) is 0.320. The van der Waals surface area contributed by atoms with Crippen LogP contribution in [0.5, 0.6) is 5.75 Å². The van der Waals surface area contributed by atoms with E-state index in [0.29, 0.717) is 59.0 Å². The van der Waals surface area contributed by atoms with Crippen molar-refractivity contribution in [3.05, 3.63) is 58.4 Å². The summed E-state index contributed by atoms with van der Waals surface area (Å²) in [7, 11) is 0. The summed E-state index contributed by atoms with van der Waals surface area (Å²) in [6.45, 7) is 3.62. The minimum atomic E-state index is -0.582. The van der Waals surface area contributed by atoms with E-state index >= 15 is 0 Å². The predicted molar refractivity (Wildman–Crippen MR) is 134 cm³/mol. The van der Waals surface area contributed by atoms with E-state index in [1.54, 1.807) is 29.2 Å². The lowest BCUT2D eigenvalue weighted by atomic mass is 10.1. The highest BCUT2D eigenvalue weighted by Gasteiger charge is 2.25. The lowest BCUT2D eigenvalue weighted by Crippen LogP contribution is -2.35. The van der Waals surface area contributed by atoms with Gasteiger partial charge in [-0.05, 0) is 29.8 Å². The molecule has 0 radical (unpaired) electrons. The summed E-state index contributed by atoms with van der Waals surface area (Å²) in [5.74, 6) is -0.400. The molecule has 1 fully saturated rings. The van der Waals surface area contributed by atoms with Crippen molar-refractivity contribution in [1.29, 1.82) is 5.26 Å². The Kier molecular flexibility index (Phi) is 7.52. The molecule has 1 aliphatic heterocycles. The van der Waals surface area contributed by atoms with Crippen molar-refractivity contribution in [2.45, 2.75) is 13.5 Å². The molecule has 1 aromatic carbocycles. The molecule has 11 heteroatoms. The number of rotatable bonds is 5. The summed E-state index contributed by atoms with van der Waals surface area (Å²) in [5.41, 5.74) is 1.30. The summed E-state index contributed by atoms with van der Waals surface area (Å²) in [4.78, 5) is 37.0. The second kappa shape index (κ2) is 10.8. The Morgan fingerprint density at radius 1 is 1.25 bits per heavy atom. The first kappa shape index (κ1) is 25.2. The van der Waals surface area contributed by atoms with Crippen molar-refractivity contribution in [3.8, 4) is 11.8 Å². The summed E-state index contributed by atoms with van der Waals surface area (Å²) in [5, 5.41) is 32.8. The maximum Gasteiger partial charge on any atom is 0.274 e. The Labute approximate surface area is 212 Å². The Balaban J connectivity index is 1.52. The molecule has 3 aromatic rings. The number of halogens is 1. The predicted octanol–water partition coefficient (Wildman–Crippen LogP) is 2.07. The standard InChI is InChI=1S/C25H25ClN6O4/c1-15(34)31-6-7-32(13-17(12-31)14-33)22-5-4-19-21(30-22)11-28-23(24(19)35)25(36)29-10-18-3-2-16(9-27)8-20(18)26/h2-5,8,11,17,33,35H,6-7,10,12-14H2,1H3,(H,29,36)/t17-/m1/s1. The van der Waals surface area contributed by atoms with Crippen molar-refractivity contribution >= 4 is 40.1 Å². The van der Waals surface area contributed by atoms with Gasteiger partial charge in [0.05, 0.1) is 23.3 Å². The normalized spacial score (nSPS) is 15.9. The van der Waals surface area contributed by atoms with Crippen molar-refractivity contribution in [3.63, 3.8) is 0 Å². The number of nitriles is 1. The number of amides is 2. The molecule has 1 atom stereocenters. The van der Waals surface area contributed by atoms with Crippen LogP contribution in [-0.2, 0) is 11.3 Å². The third kappa shape index (κ3) is 5.32. The van der Waals surface area contributed by atoms with Gasteiger partial charge in [0.25, 0.3) is 5.91 Å². The number of benzene rings is 1. The lowest BCUT2D eigenvalue weighted by Gasteiger charge is -2.24. The second-order valence-electron chi connectivity index (χ2n) is 8.62. The fourth-order valence-electron chi connectivity index (χ4n) is 4.15. The Hall–Kier alpha value is -3.94. The quantitative estimate of drug-likeness (QED) is 0.475. The molecule has 3 N–H and O–H groups in total. The van der Waals surface area contributed by atoms with Gasteiger partial charge < -0.3 is 25.3 Å². The smallest absolute Gasteiger partial charge is 0.274 e. The number of carbonyl (C=O) groups excluding carboxylic acids is 2. The van der Waals surface area contributed by atoms with Gasteiger partial charge in [-0.2, -0.15) is 5.26 Å². The number of aliphatic hydroxyl groups excluding tert-OH is 1. The zero-order valence-corrected chi connectivity index (χ0v) is 20.4. The van der Waals surface area contributed by atoms with Gasteiger partial charge in [0.1, 0.15) is 5.82 Å². The van der Waals surface area contributed by atoms with Crippen LogP contribution in [-0.4, -0.2) is 69.7 Å². The average molecular weight is 509 g/mol. The van der Waals surface area contributed by atoms with E-state index in [9.17, 15) is 19.8 Å². The lowest BCUT2D eigenvalue weighted by molar-refractivity contribution is -0.129. The Bertz CT molecular complexity index is 1360.